The van der Waals surface area contributed by atoms with Gasteiger partial charge in [0.05, 0.1) is 16.9 Å². The van der Waals surface area contributed by atoms with Crippen molar-refractivity contribution in [3.63, 3.8) is 0 Å². The van der Waals surface area contributed by atoms with Gasteiger partial charge in [0.25, 0.3) is 0 Å². The Morgan fingerprint density at radius 3 is 2.00 bits per heavy atom. The molecule has 86 valence electrons. The summed E-state index contributed by atoms with van der Waals surface area (Å²) in [6.45, 7) is 6.35. The van der Waals surface area contributed by atoms with E-state index in [-0.39, 0.29) is 11.6 Å². The van der Waals surface area contributed by atoms with Crippen LogP contribution in [0.1, 0.15) is 27.7 Å². The largest absolute Gasteiger partial charge is 0.389 e. The normalized spacial score (nSPS) is 14.4. The Morgan fingerprint density at radius 1 is 1.29 bits per heavy atom. The Morgan fingerprint density at radius 2 is 1.71 bits per heavy atom. The highest BCUT2D eigenvalue weighted by Crippen LogP contribution is 2.21. The topological polar surface area (TPSA) is 66.4 Å². The lowest BCUT2D eigenvalue weighted by Gasteiger charge is -2.37. The van der Waals surface area contributed by atoms with Gasteiger partial charge in [0.2, 0.25) is 10.0 Å². The molecule has 14 heavy (non-hydrogen) atoms. The molecule has 0 spiro atoms. The van der Waals surface area contributed by atoms with Crippen LogP contribution in [-0.4, -0.2) is 36.3 Å². The number of halogens is 1. The highest BCUT2D eigenvalue weighted by Gasteiger charge is 2.38. The molecule has 0 aliphatic heterocycles. The molecule has 0 unspecified atom stereocenters. The molecule has 0 aromatic heterocycles. The minimum atomic E-state index is -3.41. The standard InChI is InChI=1S/C8H18ClNO3S/c1-7(2,8(3,4)11)10-14(12,13)6-5-9/h10-11H,5-6H2,1-4H3. The molecule has 0 radical (unpaired) electrons. The second-order valence-corrected chi connectivity index (χ2v) is 6.51. The SMILES string of the molecule is CC(C)(O)C(C)(C)NS(=O)(=O)CCCl. The zero-order valence-electron chi connectivity index (χ0n) is 8.96. The van der Waals surface area contributed by atoms with Crippen molar-refractivity contribution in [2.75, 3.05) is 11.6 Å². The summed E-state index contributed by atoms with van der Waals surface area (Å²) in [7, 11) is -3.41. The molecule has 2 N–H and O–H groups in total. The fraction of sp³-hybridized carbons (Fsp3) is 1.00. The van der Waals surface area contributed by atoms with Crippen molar-refractivity contribution < 1.29 is 13.5 Å². The summed E-state index contributed by atoms with van der Waals surface area (Å²) in [5, 5.41) is 9.72. The third-order valence-corrected chi connectivity index (χ3v) is 4.26. The maximum Gasteiger partial charge on any atom is 0.213 e. The average molecular weight is 244 g/mol. The van der Waals surface area contributed by atoms with Crippen molar-refractivity contribution in [2.24, 2.45) is 0 Å². The second kappa shape index (κ2) is 4.35. The lowest BCUT2D eigenvalue weighted by atomic mass is 9.87. The molecule has 0 aromatic carbocycles. The van der Waals surface area contributed by atoms with Crippen LogP contribution in [0.3, 0.4) is 0 Å². The molecule has 0 heterocycles. The molecule has 0 saturated carbocycles. The summed E-state index contributed by atoms with van der Waals surface area (Å²) >= 11 is 5.35. The molecule has 0 aliphatic rings. The summed E-state index contributed by atoms with van der Waals surface area (Å²) in [6, 6.07) is 0. The Balaban J connectivity index is 4.68. The van der Waals surface area contributed by atoms with Crippen LogP contribution in [-0.2, 0) is 10.0 Å². The Hall–Kier alpha value is 0.160. The van der Waals surface area contributed by atoms with Crippen LogP contribution in [0.15, 0.2) is 0 Å². The van der Waals surface area contributed by atoms with Crippen LogP contribution in [0.4, 0.5) is 0 Å². The van der Waals surface area contributed by atoms with Gasteiger partial charge in [-0.15, -0.1) is 11.6 Å². The van der Waals surface area contributed by atoms with Gasteiger partial charge in [-0.2, -0.15) is 0 Å². The van der Waals surface area contributed by atoms with Crippen molar-refractivity contribution >= 4 is 21.6 Å². The number of sulfonamides is 1. The van der Waals surface area contributed by atoms with Crippen LogP contribution in [0, 0.1) is 0 Å². The van der Waals surface area contributed by atoms with Gasteiger partial charge in [-0.05, 0) is 27.7 Å². The van der Waals surface area contributed by atoms with Crippen LogP contribution in [0.5, 0.6) is 0 Å². The third kappa shape index (κ3) is 4.13. The monoisotopic (exact) mass is 243 g/mol. The lowest BCUT2D eigenvalue weighted by Crippen LogP contribution is -2.58. The second-order valence-electron chi connectivity index (χ2n) is 4.29. The summed E-state index contributed by atoms with van der Waals surface area (Å²) in [5.41, 5.74) is -2.05. The van der Waals surface area contributed by atoms with E-state index < -0.39 is 21.2 Å². The van der Waals surface area contributed by atoms with Gasteiger partial charge in [-0.25, -0.2) is 13.1 Å². The van der Waals surface area contributed by atoms with E-state index in [9.17, 15) is 13.5 Å². The van der Waals surface area contributed by atoms with Gasteiger partial charge in [0, 0.05) is 5.88 Å². The first-order valence-electron chi connectivity index (χ1n) is 4.32. The van der Waals surface area contributed by atoms with Crippen LogP contribution >= 0.6 is 11.6 Å². The predicted molar refractivity (Wildman–Crippen MR) is 58.0 cm³/mol. The van der Waals surface area contributed by atoms with Gasteiger partial charge in [-0.1, -0.05) is 0 Å². The van der Waals surface area contributed by atoms with Gasteiger partial charge < -0.3 is 5.11 Å². The third-order valence-electron chi connectivity index (χ3n) is 2.29. The molecular formula is C8H18ClNO3S. The van der Waals surface area contributed by atoms with E-state index in [0.29, 0.717) is 0 Å². The highest BCUT2D eigenvalue weighted by atomic mass is 35.5. The van der Waals surface area contributed by atoms with E-state index >= 15 is 0 Å². The maximum atomic E-state index is 11.4. The van der Waals surface area contributed by atoms with E-state index in [1.54, 1.807) is 27.7 Å². The van der Waals surface area contributed by atoms with E-state index in [1.165, 1.54) is 0 Å². The molecule has 0 fully saturated rings. The van der Waals surface area contributed by atoms with Gasteiger partial charge in [0.1, 0.15) is 0 Å². The molecule has 6 heteroatoms. The molecule has 0 saturated heterocycles. The lowest BCUT2D eigenvalue weighted by molar-refractivity contribution is 0.00641. The average Bonchev–Trinajstić information content (AvgIpc) is 1.80. The van der Waals surface area contributed by atoms with E-state index in [2.05, 4.69) is 4.72 Å². The van der Waals surface area contributed by atoms with Crippen molar-refractivity contribution in [2.45, 2.75) is 38.8 Å². The fourth-order valence-electron chi connectivity index (χ4n) is 0.666. The van der Waals surface area contributed by atoms with E-state index in [4.69, 9.17) is 11.6 Å². The van der Waals surface area contributed by atoms with E-state index in [1.807, 2.05) is 0 Å². The van der Waals surface area contributed by atoms with Crippen molar-refractivity contribution in [3.05, 3.63) is 0 Å². The van der Waals surface area contributed by atoms with Crippen molar-refractivity contribution in [3.8, 4) is 0 Å². The van der Waals surface area contributed by atoms with Crippen LogP contribution in [0.25, 0.3) is 0 Å². The van der Waals surface area contributed by atoms with Gasteiger partial charge in [-0.3, -0.25) is 0 Å². The Bertz CT molecular complexity index is 279. The summed E-state index contributed by atoms with van der Waals surface area (Å²) in [4.78, 5) is 0. The first-order chi connectivity index (χ1) is 6.02. The summed E-state index contributed by atoms with van der Waals surface area (Å²) in [5.74, 6) is -0.106. The molecular weight excluding hydrogens is 226 g/mol. The zero-order valence-corrected chi connectivity index (χ0v) is 10.5. The molecule has 4 nitrogen and oxygen atoms in total. The summed E-state index contributed by atoms with van der Waals surface area (Å²) < 4.78 is 25.2. The molecule has 0 aromatic rings. The smallest absolute Gasteiger partial charge is 0.213 e. The molecule has 0 amide bonds. The van der Waals surface area contributed by atoms with Gasteiger partial charge in [0.15, 0.2) is 0 Å². The first-order valence-corrected chi connectivity index (χ1v) is 6.50. The Labute approximate surface area is 90.7 Å². The van der Waals surface area contributed by atoms with Crippen LogP contribution in [0.2, 0.25) is 0 Å². The maximum absolute atomic E-state index is 11.4. The number of nitrogens with one attached hydrogen (secondary N) is 1. The highest BCUT2D eigenvalue weighted by molar-refractivity contribution is 7.89. The minimum Gasteiger partial charge on any atom is -0.389 e. The van der Waals surface area contributed by atoms with E-state index in [0.717, 1.165) is 0 Å². The quantitative estimate of drug-likeness (QED) is 0.699. The predicted octanol–water partition coefficient (Wildman–Crippen LogP) is 0.694. The molecule has 0 aliphatic carbocycles. The number of hydrogen-bond acceptors (Lipinski definition) is 3. The van der Waals surface area contributed by atoms with Crippen LogP contribution < -0.4 is 4.72 Å². The number of aliphatic hydroxyl groups is 1. The molecule has 0 bridgehead atoms. The number of alkyl halides is 1. The molecule has 0 rings (SSSR count). The zero-order chi connectivity index (χ0) is 11.6. The number of rotatable bonds is 5. The van der Waals surface area contributed by atoms with Gasteiger partial charge >= 0.3 is 0 Å². The molecule has 0 atom stereocenters. The number of hydrogen-bond donors (Lipinski definition) is 2. The first kappa shape index (κ1) is 14.2. The van der Waals surface area contributed by atoms with Crippen molar-refractivity contribution in [1.82, 2.24) is 4.72 Å². The summed E-state index contributed by atoms with van der Waals surface area (Å²) in [6.07, 6.45) is 0. The minimum absolute atomic E-state index is 0.0390. The fourth-order valence-corrected chi connectivity index (χ4v) is 2.61. The van der Waals surface area contributed by atoms with Crippen molar-refractivity contribution in [1.29, 1.82) is 0 Å². The Kier molecular flexibility index (Phi) is 4.40.